The van der Waals surface area contributed by atoms with Gasteiger partial charge in [0.05, 0.1) is 0 Å². The number of oxazole rings is 1. The predicted octanol–water partition coefficient (Wildman–Crippen LogP) is 4.00. The summed E-state index contributed by atoms with van der Waals surface area (Å²) < 4.78 is 5.86. The van der Waals surface area contributed by atoms with Crippen LogP contribution in [0.4, 0.5) is 5.69 Å². The van der Waals surface area contributed by atoms with Crippen molar-refractivity contribution in [3.63, 3.8) is 0 Å². The molecule has 2 N–H and O–H groups in total. The van der Waals surface area contributed by atoms with E-state index in [4.69, 9.17) is 10.2 Å². The standard InChI is InChI=1S/C16H16N2O/c1-9-7-14-15(8-10(9)2)19-16(18-14)12-5-4-6-13(17)11(12)3/h4-8H,17H2,1-3H3. The van der Waals surface area contributed by atoms with E-state index < -0.39 is 0 Å². The van der Waals surface area contributed by atoms with Gasteiger partial charge in [-0.2, -0.15) is 0 Å². The Hall–Kier alpha value is -2.29. The molecule has 0 amide bonds. The van der Waals surface area contributed by atoms with Crippen LogP contribution in [-0.4, -0.2) is 4.98 Å². The van der Waals surface area contributed by atoms with Gasteiger partial charge in [0, 0.05) is 11.3 Å². The monoisotopic (exact) mass is 252 g/mol. The third kappa shape index (κ3) is 1.87. The Bertz CT molecular complexity index is 733. The summed E-state index contributed by atoms with van der Waals surface area (Å²) in [6.45, 7) is 6.13. The van der Waals surface area contributed by atoms with Crippen LogP contribution < -0.4 is 5.73 Å². The molecule has 0 atom stereocenters. The number of benzene rings is 2. The van der Waals surface area contributed by atoms with Gasteiger partial charge in [-0.1, -0.05) is 6.07 Å². The van der Waals surface area contributed by atoms with Gasteiger partial charge in [-0.15, -0.1) is 0 Å². The molecule has 1 heterocycles. The molecule has 3 aromatic rings. The Labute approximate surface area is 112 Å². The van der Waals surface area contributed by atoms with E-state index in [-0.39, 0.29) is 0 Å². The Morgan fingerprint density at radius 3 is 2.58 bits per heavy atom. The SMILES string of the molecule is Cc1cc2nc(-c3cccc(N)c3C)oc2cc1C. The molecular formula is C16H16N2O. The Balaban J connectivity index is 2.23. The van der Waals surface area contributed by atoms with Crippen LogP contribution in [0, 0.1) is 20.8 Å². The highest BCUT2D eigenvalue weighted by Gasteiger charge is 2.12. The molecule has 0 radical (unpaired) electrons. The van der Waals surface area contributed by atoms with Crippen molar-refractivity contribution < 1.29 is 4.42 Å². The predicted molar refractivity (Wildman–Crippen MR) is 78.1 cm³/mol. The van der Waals surface area contributed by atoms with E-state index in [1.165, 1.54) is 11.1 Å². The highest BCUT2D eigenvalue weighted by Crippen LogP contribution is 2.30. The van der Waals surface area contributed by atoms with Crippen molar-refractivity contribution in [2.24, 2.45) is 0 Å². The molecule has 2 aromatic carbocycles. The zero-order chi connectivity index (χ0) is 13.6. The van der Waals surface area contributed by atoms with E-state index in [0.717, 1.165) is 27.9 Å². The van der Waals surface area contributed by atoms with E-state index in [0.29, 0.717) is 5.89 Å². The lowest BCUT2D eigenvalue weighted by Gasteiger charge is -2.03. The molecule has 0 aliphatic heterocycles. The molecule has 0 aliphatic carbocycles. The first-order chi connectivity index (χ1) is 9.06. The van der Waals surface area contributed by atoms with Crippen LogP contribution in [0.3, 0.4) is 0 Å². The fourth-order valence-corrected chi connectivity index (χ4v) is 2.18. The average molecular weight is 252 g/mol. The summed E-state index contributed by atoms with van der Waals surface area (Å²) in [7, 11) is 0. The molecule has 0 unspecified atom stereocenters. The molecule has 0 saturated carbocycles. The lowest BCUT2D eigenvalue weighted by Crippen LogP contribution is -1.91. The molecule has 1 aromatic heterocycles. The van der Waals surface area contributed by atoms with E-state index in [9.17, 15) is 0 Å². The smallest absolute Gasteiger partial charge is 0.227 e. The number of hydrogen-bond acceptors (Lipinski definition) is 3. The maximum atomic E-state index is 5.93. The molecule has 0 saturated heterocycles. The third-order valence-electron chi connectivity index (χ3n) is 3.61. The van der Waals surface area contributed by atoms with Crippen molar-refractivity contribution in [1.82, 2.24) is 4.98 Å². The molecule has 3 heteroatoms. The van der Waals surface area contributed by atoms with Crippen LogP contribution in [0.25, 0.3) is 22.6 Å². The summed E-state index contributed by atoms with van der Waals surface area (Å²) in [5, 5.41) is 0. The van der Waals surface area contributed by atoms with Crippen molar-refractivity contribution in [1.29, 1.82) is 0 Å². The van der Waals surface area contributed by atoms with Crippen molar-refractivity contribution in [3.05, 3.63) is 47.0 Å². The Morgan fingerprint density at radius 2 is 1.79 bits per heavy atom. The summed E-state index contributed by atoms with van der Waals surface area (Å²) in [4.78, 5) is 4.56. The Morgan fingerprint density at radius 1 is 1.05 bits per heavy atom. The minimum absolute atomic E-state index is 0.629. The highest BCUT2D eigenvalue weighted by atomic mass is 16.3. The van der Waals surface area contributed by atoms with Crippen molar-refractivity contribution in [2.45, 2.75) is 20.8 Å². The fourth-order valence-electron chi connectivity index (χ4n) is 2.18. The minimum Gasteiger partial charge on any atom is -0.436 e. The summed E-state index contributed by atoms with van der Waals surface area (Å²) in [6, 6.07) is 9.87. The second-order valence-corrected chi connectivity index (χ2v) is 4.94. The number of nitrogens with two attached hydrogens (primary N) is 1. The maximum Gasteiger partial charge on any atom is 0.227 e. The lowest BCUT2D eigenvalue weighted by atomic mass is 10.1. The fraction of sp³-hybridized carbons (Fsp3) is 0.188. The molecule has 96 valence electrons. The topological polar surface area (TPSA) is 52.0 Å². The first kappa shape index (κ1) is 11.8. The van der Waals surface area contributed by atoms with Gasteiger partial charge in [0.2, 0.25) is 5.89 Å². The van der Waals surface area contributed by atoms with Crippen LogP contribution in [0.5, 0.6) is 0 Å². The zero-order valence-electron chi connectivity index (χ0n) is 11.3. The average Bonchev–Trinajstić information content (AvgIpc) is 2.76. The number of rotatable bonds is 1. The van der Waals surface area contributed by atoms with Gasteiger partial charge >= 0.3 is 0 Å². The van der Waals surface area contributed by atoms with Crippen molar-refractivity contribution >= 4 is 16.8 Å². The van der Waals surface area contributed by atoms with Gasteiger partial charge in [0.25, 0.3) is 0 Å². The molecule has 0 bridgehead atoms. The van der Waals surface area contributed by atoms with E-state index in [2.05, 4.69) is 24.9 Å². The number of fused-ring (bicyclic) bond motifs is 1. The normalized spacial score (nSPS) is 11.1. The van der Waals surface area contributed by atoms with Crippen LogP contribution >= 0.6 is 0 Å². The quantitative estimate of drug-likeness (QED) is 0.666. The molecule has 3 nitrogen and oxygen atoms in total. The number of nitrogen functional groups attached to an aromatic ring is 1. The molecular weight excluding hydrogens is 236 g/mol. The van der Waals surface area contributed by atoms with Gasteiger partial charge in [0.1, 0.15) is 5.52 Å². The third-order valence-corrected chi connectivity index (χ3v) is 3.61. The molecule has 0 aliphatic rings. The lowest BCUT2D eigenvalue weighted by molar-refractivity contribution is 0.619. The second kappa shape index (κ2) is 4.12. The van der Waals surface area contributed by atoms with Gasteiger partial charge in [-0.3, -0.25) is 0 Å². The van der Waals surface area contributed by atoms with Crippen LogP contribution in [-0.2, 0) is 0 Å². The molecule has 19 heavy (non-hydrogen) atoms. The van der Waals surface area contributed by atoms with Crippen molar-refractivity contribution in [3.8, 4) is 11.5 Å². The van der Waals surface area contributed by atoms with Gasteiger partial charge in [-0.05, 0) is 61.7 Å². The molecule has 0 spiro atoms. The summed E-state index contributed by atoms with van der Waals surface area (Å²) in [5.74, 6) is 0.629. The zero-order valence-corrected chi connectivity index (χ0v) is 11.3. The first-order valence-electron chi connectivity index (χ1n) is 6.29. The summed E-state index contributed by atoms with van der Waals surface area (Å²) in [5.41, 5.74) is 12.8. The minimum atomic E-state index is 0.629. The maximum absolute atomic E-state index is 5.93. The highest BCUT2D eigenvalue weighted by molar-refractivity contribution is 5.79. The van der Waals surface area contributed by atoms with E-state index in [1.807, 2.05) is 31.2 Å². The van der Waals surface area contributed by atoms with Crippen molar-refractivity contribution in [2.75, 3.05) is 5.73 Å². The van der Waals surface area contributed by atoms with Crippen LogP contribution in [0.1, 0.15) is 16.7 Å². The first-order valence-corrected chi connectivity index (χ1v) is 6.29. The summed E-state index contributed by atoms with van der Waals surface area (Å²) >= 11 is 0. The van der Waals surface area contributed by atoms with Crippen LogP contribution in [0.2, 0.25) is 0 Å². The number of hydrogen-bond donors (Lipinski definition) is 1. The van der Waals surface area contributed by atoms with Gasteiger partial charge < -0.3 is 10.2 Å². The Kier molecular flexibility index (Phi) is 2.56. The summed E-state index contributed by atoms with van der Waals surface area (Å²) in [6.07, 6.45) is 0. The molecule has 3 rings (SSSR count). The number of aromatic nitrogens is 1. The van der Waals surface area contributed by atoms with Gasteiger partial charge in [0.15, 0.2) is 5.58 Å². The second-order valence-electron chi connectivity index (χ2n) is 4.94. The van der Waals surface area contributed by atoms with Gasteiger partial charge in [-0.25, -0.2) is 4.98 Å². The van der Waals surface area contributed by atoms with E-state index >= 15 is 0 Å². The largest absolute Gasteiger partial charge is 0.436 e. The van der Waals surface area contributed by atoms with Crippen LogP contribution in [0.15, 0.2) is 34.7 Å². The number of anilines is 1. The number of nitrogens with zero attached hydrogens (tertiary/aromatic N) is 1. The number of aryl methyl sites for hydroxylation is 2. The molecule has 0 fully saturated rings. The van der Waals surface area contributed by atoms with E-state index in [1.54, 1.807) is 0 Å².